The lowest BCUT2D eigenvalue weighted by molar-refractivity contribution is -0.368. The zero-order valence-electron chi connectivity index (χ0n) is 34.1. The number of fused-ring (bicyclic) bond motifs is 7. The van der Waals surface area contributed by atoms with E-state index in [1.807, 2.05) is 0 Å². The van der Waals surface area contributed by atoms with Crippen molar-refractivity contribution in [2.45, 2.75) is 180 Å². The van der Waals surface area contributed by atoms with Gasteiger partial charge in [-0.2, -0.15) is 0 Å². The molecule has 14 heteroatoms. The van der Waals surface area contributed by atoms with Gasteiger partial charge in [-0.05, 0) is 103 Å². The average Bonchev–Trinajstić information content (AvgIpc) is 3.12. The minimum atomic E-state index is -1.75. The Labute approximate surface area is 330 Å². The first-order valence-corrected chi connectivity index (χ1v) is 20.9. The van der Waals surface area contributed by atoms with Gasteiger partial charge in [0, 0.05) is 0 Å². The van der Waals surface area contributed by atoms with Gasteiger partial charge in [-0.25, -0.2) is 0 Å². The highest BCUT2D eigenvalue weighted by molar-refractivity contribution is 5.77. The van der Waals surface area contributed by atoms with Crippen LogP contribution in [0, 0.1) is 50.2 Å². The summed E-state index contributed by atoms with van der Waals surface area (Å²) in [7, 11) is 0. The molecule has 56 heavy (non-hydrogen) atoms. The van der Waals surface area contributed by atoms with Crippen LogP contribution in [-0.4, -0.2) is 139 Å². The Morgan fingerprint density at radius 1 is 0.732 bits per heavy atom. The molecule has 0 bridgehead atoms. The Hall–Kier alpha value is -1.27. The van der Waals surface area contributed by atoms with Gasteiger partial charge in [-0.15, -0.1) is 0 Å². The molecule has 0 radical (unpaired) electrons. The second-order valence-electron chi connectivity index (χ2n) is 20.8. The molecule has 5 aliphatic carbocycles. The normalized spacial score (nSPS) is 53.8. The molecule has 2 saturated heterocycles. The van der Waals surface area contributed by atoms with Crippen LogP contribution >= 0.6 is 0 Å². The number of ether oxygens (including phenoxy) is 4. The molecule has 320 valence electrons. The fourth-order valence-corrected chi connectivity index (χ4v) is 13.9. The molecule has 2 aliphatic heterocycles. The maximum Gasteiger partial charge on any atom is 0.312 e. The molecule has 4 saturated carbocycles. The van der Waals surface area contributed by atoms with Gasteiger partial charge in [0.1, 0.15) is 54.2 Å². The molecule has 9 N–H and O–H groups in total. The van der Waals surface area contributed by atoms with E-state index in [4.69, 9.17) is 18.9 Å². The minimum absolute atomic E-state index is 0.0857. The van der Waals surface area contributed by atoms with Gasteiger partial charge in [-0.3, -0.25) is 4.79 Å². The second-order valence-corrected chi connectivity index (χ2v) is 20.8. The van der Waals surface area contributed by atoms with E-state index in [2.05, 4.69) is 54.5 Å². The van der Waals surface area contributed by atoms with Crippen molar-refractivity contribution in [1.82, 2.24) is 0 Å². The van der Waals surface area contributed by atoms with Crippen LogP contribution in [0.4, 0.5) is 0 Å². The first-order valence-electron chi connectivity index (χ1n) is 20.9. The van der Waals surface area contributed by atoms with Crippen LogP contribution in [0.25, 0.3) is 0 Å². The van der Waals surface area contributed by atoms with E-state index < -0.39 is 97.5 Å². The number of carboxylic acids is 1. The van der Waals surface area contributed by atoms with Crippen molar-refractivity contribution in [1.29, 1.82) is 0 Å². The Morgan fingerprint density at radius 2 is 1.36 bits per heavy atom. The Morgan fingerprint density at radius 3 is 2.00 bits per heavy atom. The Kier molecular flexibility index (Phi) is 11.0. The standard InChI is InChI=1S/C42H68O14/c1-37(2)16-21-20-8-9-25-39(5)12-11-27(38(3,4)24(39)10-13-41(25,7)40(20,6)14-15-42(21,36(51)52)26(45)17-37)55-34-32(50)30(48)33(23(19-44)54-34)56-35-31(49)29(47)28(46)22(18-43)53-35/h8,21-35,43-50H,9-19H2,1-7H3,(H,51,52). The molecule has 2 heterocycles. The van der Waals surface area contributed by atoms with E-state index >= 15 is 0 Å². The first-order chi connectivity index (χ1) is 26.0. The summed E-state index contributed by atoms with van der Waals surface area (Å²) in [5.74, 6) is -0.551. The molecule has 7 aliphatic rings. The lowest BCUT2D eigenvalue weighted by Crippen LogP contribution is -2.67. The van der Waals surface area contributed by atoms with Gasteiger partial charge < -0.3 is 64.9 Å². The average molecular weight is 797 g/mol. The number of aliphatic hydroxyl groups excluding tert-OH is 8. The number of hydrogen-bond donors (Lipinski definition) is 9. The molecular weight excluding hydrogens is 728 g/mol. The molecule has 0 aromatic carbocycles. The topological polar surface area (TPSA) is 236 Å². The number of carboxylic acid groups (broad SMARTS) is 1. The predicted molar refractivity (Wildman–Crippen MR) is 199 cm³/mol. The number of rotatable bonds is 7. The largest absolute Gasteiger partial charge is 0.481 e. The molecule has 0 amide bonds. The van der Waals surface area contributed by atoms with Gasteiger partial charge >= 0.3 is 5.97 Å². The quantitative estimate of drug-likeness (QED) is 0.132. The van der Waals surface area contributed by atoms with E-state index in [1.54, 1.807) is 0 Å². The third-order valence-corrected chi connectivity index (χ3v) is 17.2. The van der Waals surface area contributed by atoms with Crippen molar-refractivity contribution >= 4 is 5.97 Å². The summed E-state index contributed by atoms with van der Waals surface area (Å²) in [4.78, 5) is 13.1. The van der Waals surface area contributed by atoms with Crippen LogP contribution in [0.2, 0.25) is 0 Å². The van der Waals surface area contributed by atoms with Crippen LogP contribution in [-0.2, 0) is 23.7 Å². The van der Waals surface area contributed by atoms with Crippen LogP contribution in [0.1, 0.15) is 106 Å². The molecule has 19 unspecified atom stereocenters. The van der Waals surface area contributed by atoms with Crippen molar-refractivity contribution in [2.24, 2.45) is 50.2 Å². The van der Waals surface area contributed by atoms with Crippen LogP contribution in [0.3, 0.4) is 0 Å². The zero-order valence-corrected chi connectivity index (χ0v) is 34.1. The molecule has 0 aromatic heterocycles. The Bertz CT molecular complexity index is 1520. The van der Waals surface area contributed by atoms with Gasteiger partial charge in [0.05, 0.1) is 25.4 Å². The van der Waals surface area contributed by atoms with Gasteiger partial charge in [0.2, 0.25) is 0 Å². The second kappa shape index (κ2) is 14.4. The fourth-order valence-electron chi connectivity index (χ4n) is 13.9. The number of allylic oxidation sites excluding steroid dienone is 2. The number of aliphatic hydroxyl groups is 8. The minimum Gasteiger partial charge on any atom is -0.481 e. The summed E-state index contributed by atoms with van der Waals surface area (Å²) in [6.07, 6.45) is -7.43. The molecule has 19 atom stereocenters. The third kappa shape index (κ3) is 6.13. The molecule has 14 nitrogen and oxygen atoms in total. The van der Waals surface area contributed by atoms with Crippen LogP contribution in [0.5, 0.6) is 0 Å². The summed E-state index contributed by atoms with van der Waals surface area (Å²) in [6, 6.07) is 0. The third-order valence-electron chi connectivity index (χ3n) is 17.2. The highest BCUT2D eigenvalue weighted by atomic mass is 16.7. The fraction of sp³-hybridized carbons (Fsp3) is 0.929. The summed E-state index contributed by atoms with van der Waals surface area (Å²) < 4.78 is 23.9. The molecule has 7 rings (SSSR count). The van der Waals surface area contributed by atoms with Crippen molar-refractivity contribution in [3.05, 3.63) is 11.6 Å². The van der Waals surface area contributed by atoms with Crippen LogP contribution < -0.4 is 0 Å². The SMILES string of the molecule is CC1(C)CC(O)C2(C(=O)O)CCC3(C)C(=CCC4C5(C)CCC(OC6OC(CO)C(OC7OC(CO)C(O)C(O)C7O)C(O)C6O)C(C)(C)C5CCC43C)C2C1. The summed E-state index contributed by atoms with van der Waals surface area (Å²) >= 11 is 0. The van der Waals surface area contributed by atoms with Gasteiger partial charge in [-0.1, -0.05) is 60.1 Å². The Balaban J connectivity index is 1.09. The van der Waals surface area contributed by atoms with Gasteiger partial charge in [0.25, 0.3) is 0 Å². The van der Waals surface area contributed by atoms with Crippen molar-refractivity contribution in [3.63, 3.8) is 0 Å². The van der Waals surface area contributed by atoms with E-state index in [1.165, 1.54) is 5.57 Å². The first kappa shape index (κ1) is 42.8. The van der Waals surface area contributed by atoms with Gasteiger partial charge in [0.15, 0.2) is 12.6 Å². The zero-order chi connectivity index (χ0) is 41.1. The van der Waals surface area contributed by atoms with Crippen molar-refractivity contribution in [3.8, 4) is 0 Å². The molecular formula is C42H68O14. The molecule has 6 fully saturated rings. The monoisotopic (exact) mass is 796 g/mol. The van der Waals surface area contributed by atoms with E-state index in [0.717, 1.165) is 32.1 Å². The van der Waals surface area contributed by atoms with E-state index in [9.17, 15) is 50.8 Å². The smallest absolute Gasteiger partial charge is 0.312 e. The van der Waals surface area contributed by atoms with Crippen LogP contribution in [0.15, 0.2) is 11.6 Å². The van der Waals surface area contributed by atoms with E-state index in [0.29, 0.717) is 31.6 Å². The maximum atomic E-state index is 13.1. The number of carbonyl (C=O) groups is 1. The molecule has 0 aromatic rings. The van der Waals surface area contributed by atoms with Crippen molar-refractivity contribution in [2.75, 3.05) is 13.2 Å². The summed E-state index contributed by atoms with van der Waals surface area (Å²) in [5.41, 5.74) is -0.895. The molecule has 0 spiro atoms. The number of aliphatic carboxylic acids is 1. The highest BCUT2D eigenvalue weighted by Gasteiger charge is 2.71. The number of hydrogen-bond acceptors (Lipinski definition) is 13. The predicted octanol–water partition coefficient (Wildman–Crippen LogP) is 1.85. The van der Waals surface area contributed by atoms with Crippen molar-refractivity contribution < 1.29 is 69.7 Å². The highest BCUT2D eigenvalue weighted by Crippen LogP contribution is 2.76. The summed E-state index contributed by atoms with van der Waals surface area (Å²) in [6.45, 7) is 14.6. The maximum absolute atomic E-state index is 13.1. The lowest BCUT2D eigenvalue weighted by atomic mass is 9.33. The lowest BCUT2D eigenvalue weighted by Gasteiger charge is -2.71. The van der Waals surface area contributed by atoms with E-state index in [-0.39, 0.29) is 39.6 Å². The summed E-state index contributed by atoms with van der Waals surface area (Å²) in [5, 5.41) is 95.7.